The first-order valence-corrected chi connectivity index (χ1v) is 8.21. The Morgan fingerprint density at radius 2 is 1.87 bits per heavy atom. The van der Waals surface area contributed by atoms with Gasteiger partial charge in [0.05, 0.1) is 16.9 Å². The van der Waals surface area contributed by atoms with Gasteiger partial charge in [0.2, 0.25) is 5.91 Å². The van der Waals surface area contributed by atoms with Crippen molar-refractivity contribution in [3.63, 3.8) is 0 Å². The Labute approximate surface area is 145 Å². The van der Waals surface area contributed by atoms with Crippen LogP contribution in [0.15, 0.2) is 47.4 Å². The van der Waals surface area contributed by atoms with Crippen LogP contribution in [-0.4, -0.2) is 17.8 Å². The molecule has 0 unspecified atom stereocenters. The maximum absolute atomic E-state index is 12.5. The molecule has 122 valence electrons. The van der Waals surface area contributed by atoms with Crippen LogP contribution in [0.1, 0.15) is 13.8 Å². The Morgan fingerprint density at radius 1 is 1.22 bits per heavy atom. The van der Waals surface area contributed by atoms with Crippen LogP contribution in [0.4, 0.5) is 11.4 Å². The highest BCUT2D eigenvalue weighted by molar-refractivity contribution is 8.01. The van der Waals surface area contributed by atoms with Gasteiger partial charge in [-0.1, -0.05) is 11.6 Å². The van der Waals surface area contributed by atoms with E-state index in [1.54, 1.807) is 25.3 Å². The molecule has 6 heteroatoms. The van der Waals surface area contributed by atoms with Crippen LogP contribution in [0.2, 0.25) is 5.02 Å². The summed E-state index contributed by atoms with van der Waals surface area (Å²) in [4.78, 5) is 13.5. The zero-order valence-corrected chi connectivity index (χ0v) is 14.8. The SMILES string of the molecule is COc1ccc(NC(=O)C(C)(C)Sc2ccc(N)cc2)cc1Cl. The smallest absolute Gasteiger partial charge is 0.240 e. The molecule has 0 radical (unpaired) electrons. The number of amides is 1. The van der Waals surface area contributed by atoms with Crippen LogP contribution in [0.5, 0.6) is 5.75 Å². The van der Waals surface area contributed by atoms with E-state index in [1.807, 2.05) is 38.1 Å². The number of nitrogen functional groups attached to an aromatic ring is 1. The van der Waals surface area contributed by atoms with Crippen molar-refractivity contribution >= 4 is 40.6 Å². The summed E-state index contributed by atoms with van der Waals surface area (Å²) in [6.45, 7) is 3.74. The number of carbonyl (C=O) groups excluding carboxylic acids is 1. The highest BCUT2D eigenvalue weighted by Crippen LogP contribution is 2.34. The average Bonchev–Trinajstić information content (AvgIpc) is 2.49. The van der Waals surface area contributed by atoms with Gasteiger partial charge in [0.15, 0.2) is 0 Å². The lowest BCUT2D eigenvalue weighted by Crippen LogP contribution is -2.33. The van der Waals surface area contributed by atoms with Gasteiger partial charge in [-0.25, -0.2) is 0 Å². The number of carbonyl (C=O) groups is 1. The Morgan fingerprint density at radius 3 is 2.43 bits per heavy atom. The van der Waals surface area contributed by atoms with Crippen LogP contribution >= 0.6 is 23.4 Å². The van der Waals surface area contributed by atoms with Gasteiger partial charge < -0.3 is 15.8 Å². The lowest BCUT2D eigenvalue weighted by Gasteiger charge is -2.23. The molecule has 0 spiro atoms. The second-order valence-electron chi connectivity index (χ2n) is 5.48. The number of nitrogens with one attached hydrogen (secondary N) is 1. The van der Waals surface area contributed by atoms with Crippen LogP contribution in [0.3, 0.4) is 0 Å². The van der Waals surface area contributed by atoms with E-state index in [0.29, 0.717) is 22.1 Å². The third-order valence-corrected chi connectivity index (χ3v) is 4.71. The third-order valence-electron chi connectivity index (χ3n) is 3.21. The predicted molar refractivity (Wildman–Crippen MR) is 97.4 cm³/mol. The third kappa shape index (κ3) is 4.56. The summed E-state index contributed by atoms with van der Waals surface area (Å²) in [5.41, 5.74) is 7.01. The predicted octanol–water partition coefficient (Wildman–Crippen LogP) is 4.44. The molecule has 0 aliphatic rings. The monoisotopic (exact) mass is 350 g/mol. The number of halogens is 1. The summed E-state index contributed by atoms with van der Waals surface area (Å²) >= 11 is 7.55. The fourth-order valence-electron chi connectivity index (χ4n) is 1.90. The van der Waals surface area contributed by atoms with Crippen LogP contribution < -0.4 is 15.8 Å². The molecule has 0 fully saturated rings. The van der Waals surface area contributed by atoms with Gasteiger partial charge in [0, 0.05) is 16.3 Å². The van der Waals surface area contributed by atoms with Crippen LogP contribution in [-0.2, 0) is 4.79 Å². The molecule has 0 heterocycles. The number of ether oxygens (including phenoxy) is 1. The number of rotatable bonds is 5. The molecule has 0 aromatic heterocycles. The summed E-state index contributed by atoms with van der Waals surface area (Å²) < 4.78 is 4.45. The minimum absolute atomic E-state index is 0.111. The van der Waals surface area contributed by atoms with Gasteiger partial charge in [-0.05, 0) is 56.3 Å². The molecule has 4 nitrogen and oxygen atoms in total. The summed E-state index contributed by atoms with van der Waals surface area (Å²) in [6, 6.07) is 12.6. The summed E-state index contributed by atoms with van der Waals surface area (Å²) in [7, 11) is 1.55. The lowest BCUT2D eigenvalue weighted by atomic mass is 10.2. The van der Waals surface area contributed by atoms with E-state index in [-0.39, 0.29) is 5.91 Å². The Bertz CT molecular complexity index is 702. The molecular weight excluding hydrogens is 332 g/mol. The van der Waals surface area contributed by atoms with E-state index in [2.05, 4.69) is 5.32 Å². The molecule has 2 aromatic rings. The maximum Gasteiger partial charge on any atom is 0.240 e. The quantitative estimate of drug-likeness (QED) is 0.618. The summed E-state index contributed by atoms with van der Waals surface area (Å²) in [6.07, 6.45) is 0. The fraction of sp³-hybridized carbons (Fsp3) is 0.235. The van der Waals surface area contributed by atoms with E-state index >= 15 is 0 Å². The number of hydrogen-bond donors (Lipinski definition) is 2. The van der Waals surface area contributed by atoms with Gasteiger partial charge >= 0.3 is 0 Å². The molecule has 0 aliphatic carbocycles. The normalized spacial score (nSPS) is 11.1. The molecule has 1 amide bonds. The number of thioether (sulfide) groups is 1. The minimum atomic E-state index is -0.650. The summed E-state index contributed by atoms with van der Waals surface area (Å²) in [5, 5.41) is 3.33. The fourth-order valence-corrected chi connectivity index (χ4v) is 3.17. The van der Waals surface area contributed by atoms with Gasteiger partial charge in [0.1, 0.15) is 5.75 Å². The van der Waals surface area contributed by atoms with Gasteiger partial charge in [-0.15, -0.1) is 11.8 Å². The van der Waals surface area contributed by atoms with E-state index < -0.39 is 4.75 Å². The molecule has 0 saturated carbocycles. The summed E-state index contributed by atoms with van der Waals surface area (Å²) in [5.74, 6) is 0.459. The zero-order valence-electron chi connectivity index (χ0n) is 13.2. The van der Waals surface area contributed by atoms with Gasteiger partial charge in [0.25, 0.3) is 0 Å². The van der Waals surface area contributed by atoms with Crippen molar-refractivity contribution in [2.45, 2.75) is 23.5 Å². The highest BCUT2D eigenvalue weighted by Gasteiger charge is 2.29. The molecule has 0 saturated heterocycles. The van der Waals surface area contributed by atoms with Crippen molar-refractivity contribution in [2.24, 2.45) is 0 Å². The molecule has 23 heavy (non-hydrogen) atoms. The number of nitrogens with two attached hydrogens (primary N) is 1. The molecule has 2 rings (SSSR count). The van der Waals surface area contributed by atoms with Gasteiger partial charge in [-0.3, -0.25) is 4.79 Å². The lowest BCUT2D eigenvalue weighted by molar-refractivity contribution is -0.117. The molecule has 0 aliphatic heterocycles. The molecule has 0 bridgehead atoms. The molecule has 2 aromatic carbocycles. The first-order chi connectivity index (χ1) is 10.8. The van der Waals surface area contributed by atoms with Crippen molar-refractivity contribution in [3.8, 4) is 5.75 Å². The number of benzene rings is 2. The van der Waals surface area contributed by atoms with Crippen LogP contribution in [0, 0.1) is 0 Å². The van der Waals surface area contributed by atoms with E-state index in [0.717, 1.165) is 4.90 Å². The topological polar surface area (TPSA) is 64.3 Å². The van der Waals surface area contributed by atoms with Crippen molar-refractivity contribution in [3.05, 3.63) is 47.5 Å². The van der Waals surface area contributed by atoms with Crippen molar-refractivity contribution in [2.75, 3.05) is 18.2 Å². The Balaban J connectivity index is 2.08. The largest absolute Gasteiger partial charge is 0.495 e. The second-order valence-corrected chi connectivity index (χ2v) is 7.59. The van der Waals surface area contributed by atoms with E-state index in [9.17, 15) is 4.79 Å². The second kappa shape index (κ2) is 7.15. The number of methoxy groups -OCH3 is 1. The molecular formula is C17H19ClN2O2S. The number of hydrogen-bond acceptors (Lipinski definition) is 4. The first kappa shape index (κ1) is 17.5. The maximum atomic E-state index is 12.5. The zero-order chi connectivity index (χ0) is 17.0. The average molecular weight is 351 g/mol. The van der Waals surface area contributed by atoms with Crippen molar-refractivity contribution in [1.82, 2.24) is 0 Å². The minimum Gasteiger partial charge on any atom is -0.495 e. The Kier molecular flexibility index (Phi) is 5.44. The van der Waals surface area contributed by atoms with E-state index in [1.165, 1.54) is 11.8 Å². The molecule has 0 atom stereocenters. The van der Waals surface area contributed by atoms with Gasteiger partial charge in [-0.2, -0.15) is 0 Å². The first-order valence-electron chi connectivity index (χ1n) is 7.01. The van der Waals surface area contributed by atoms with Crippen molar-refractivity contribution in [1.29, 1.82) is 0 Å². The van der Waals surface area contributed by atoms with E-state index in [4.69, 9.17) is 22.1 Å². The Hall–Kier alpha value is -1.85. The number of anilines is 2. The van der Waals surface area contributed by atoms with Crippen molar-refractivity contribution < 1.29 is 9.53 Å². The highest BCUT2D eigenvalue weighted by atomic mass is 35.5. The standard InChI is InChI=1S/C17H19ClN2O2S/c1-17(2,23-13-7-4-11(19)5-8-13)16(21)20-12-6-9-15(22-3)14(18)10-12/h4-10H,19H2,1-3H3,(H,20,21). The molecule has 3 N–H and O–H groups in total. The van der Waals surface area contributed by atoms with Crippen LogP contribution in [0.25, 0.3) is 0 Å².